The summed E-state index contributed by atoms with van der Waals surface area (Å²) in [5.74, 6) is 1.53. The first-order valence-corrected chi connectivity index (χ1v) is 5.93. The maximum Gasteiger partial charge on any atom is 0.156 e. The van der Waals surface area contributed by atoms with E-state index < -0.39 is 0 Å². The fourth-order valence-electron chi connectivity index (χ4n) is 1.19. The summed E-state index contributed by atoms with van der Waals surface area (Å²) in [5, 5.41) is 0. The standard InChI is InChI=1S/C11H14BrNO2/c1-7(2)14-10-5-9(6-13-11(10)12)15-8-3-4-8/h5-8H,3-4H2,1-2H3. The molecule has 3 nitrogen and oxygen atoms in total. The van der Waals surface area contributed by atoms with Crippen LogP contribution < -0.4 is 9.47 Å². The zero-order valence-electron chi connectivity index (χ0n) is 8.87. The molecule has 15 heavy (non-hydrogen) atoms. The van der Waals surface area contributed by atoms with E-state index in [-0.39, 0.29) is 6.10 Å². The molecular weight excluding hydrogens is 258 g/mol. The molecule has 1 fully saturated rings. The fourth-order valence-corrected chi connectivity index (χ4v) is 1.50. The van der Waals surface area contributed by atoms with Gasteiger partial charge in [0.05, 0.1) is 18.4 Å². The number of pyridine rings is 1. The van der Waals surface area contributed by atoms with E-state index in [1.165, 1.54) is 0 Å². The van der Waals surface area contributed by atoms with Crippen molar-refractivity contribution in [1.29, 1.82) is 0 Å². The van der Waals surface area contributed by atoms with Crippen LogP contribution in [0.2, 0.25) is 0 Å². The fraction of sp³-hybridized carbons (Fsp3) is 0.545. The summed E-state index contributed by atoms with van der Waals surface area (Å²) >= 11 is 3.35. The molecule has 82 valence electrons. The Labute approximate surface area is 97.9 Å². The lowest BCUT2D eigenvalue weighted by atomic mass is 10.4. The van der Waals surface area contributed by atoms with Crippen LogP contribution in [-0.4, -0.2) is 17.2 Å². The first-order chi connectivity index (χ1) is 7.15. The van der Waals surface area contributed by atoms with Crippen LogP contribution in [0, 0.1) is 0 Å². The van der Waals surface area contributed by atoms with Gasteiger partial charge in [-0.3, -0.25) is 0 Å². The van der Waals surface area contributed by atoms with Crippen LogP contribution >= 0.6 is 15.9 Å². The lowest BCUT2D eigenvalue weighted by Crippen LogP contribution is -2.07. The van der Waals surface area contributed by atoms with Gasteiger partial charge in [-0.05, 0) is 42.6 Å². The Balaban J connectivity index is 2.11. The Morgan fingerprint density at radius 1 is 1.47 bits per heavy atom. The van der Waals surface area contributed by atoms with E-state index >= 15 is 0 Å². The second kappa shape index (κ2) is 4.39. The van der Waals surface area contributed by atoms with E-state index in [0.717, 1.165) is 28.9 Å². The Hall–Kier alpha value is -0.770. The van der Waals surface area contributed by atoms with Crippen LogP contribution in [0.5, 0.6) is 11.5 Å². The summed E-state index contributed by atoms with van der Waals surface area (Å²) in [6.07, 6.45) is 4.54. The SMILES string of the molecule is CC(C)Oc1cc(OC2CC2)cnc1Br. The molecule has 2 rings (SSSR count). The van der Waals surface area contributed by atoms with Gasteiger partial charge in [-0.2, -0.15) is 0 Å². The summed E-state index contributed by atoms with van der Waals surface area (Å²) in [7, 11) is 0. The first-order valence-electron chi connectivity index (χ1n) is 5.14. The van der Waals surface area contributed by atoms with Crippen LogP contribution in [0.1, 0.15) is 26.7 Å². The van der Waals surface area contributed by atoms with Crippen LogP contribution in [0.4, 0.5) is 0 Å². The van der Waals surface area contributed by atoms with Crippen molar-refractivity contribution < 1.29 is 9.47 Å². The summed E-state index contributed by atoms with van der Waals surface area (Å²) in [6.45, 7) is 3.97. The number of rotatable bonds is 4. The Bertz CT molecular complexity index is 350. The molecule has 0 atom stereocenters. The molecule has 0 bridgehead atoms. The van der Waals surface area contributed by atoms with Gasteiger partial charge in [-0.15, -0.1) is 0 Å². The third-order valence-corrected chi connectivity index (χ3v) is 2.57. The van der Waals surface area contributed by atoms with Gasteiger partial charge < -0.3 is 9.47 Å². The summed E-state index contributed by atoms with van der Waals surface area (Å²) < 4.78 is 12.0. The molecule has 1 aliphatic rings. The van der Waals surface area contributed by atoms with Crippen LogP contribution in [0.25, 0.3) is 0 Å². The number of hydrogen-bond acceptors (Lipinski definition) is 3. The Kier molecular flexibility index (Phi) is 3.14. The molecule has 0 aromatic carbocycles. The number of aromatic nitrogens is 1. The van der Waals surface area contributed by atoms with Gasteiger partial charge in [0, 0.05) is 6.07 Å². The predicted octanol–water partition coefficient (Wildman–Crippen LogP) is 3.17. The Morgan fingerprint density at radius 2 is 2.20 bits per heavy atom. The third kappa shape index (κ3) is 3.09. The first kappa shape index (κ1) is 10.7. The zero-order valence-corrected chi connectivity index (χ0v) is 10.5. The minimum atomic E-state index is 0.138. The maximum absolute atomic E-state index is 5.64. The highest BCUT2D eigenvalue weighted by atomic mass is 79.9. The van der Waals surface area contributed by atoms with Crippen LogP contribution in [0.15, 0.2) is 16.9 Å². The maximum atomic E-state index is 5.64. The summed E-state index contributed by atoms with van der Waals surface area (Å²) in [6, 6.07) is 1.88. The van der Waals surface area contributed by atoms with E-state index in [1.54, 1.807) is 6.20 Å². The molecule has 0 unspecified atom stereocenters. The number of halogens is 1. The van der Waals surface area contributed by atoms with Crippen molar-refractivity contribution in [2.75, 3.05) is 0 Å². The van der Waals surface area contributed by atoms with E-state index in [4.69, 9.17) is 9.47 Å². The van der Waals surface area contributed by atoms with Crippen molar-refractivity contribution in [2.24, 2.45) is 0 Å². The molecule has 0 amide bonds. The summed E-state index contributed by atoms with van der Waals surface area (Å²) in [5.41, 5.74) is 0. The van der Waals surface area contributed by atoms with Crippen LogP contribution in [-0.2, 0) is 0 Å². The van der Waals surface area contributed by atoms with Gasteiger partial charge in [-0.1, -0.05) is 0 Å². The van der Waals surface area contributed by atoms with Crippen molar-refractivity contribution in [2.45, 2.75) is 38.9 Å². The lowest BCUT2D eigenvalue weighted by Gasteiger charge is -2.12. The molecule has 1 heterocycles. The van der Waals surface area contributed by atoms with Gasteiger partial charge in [0.15, 0.2) is 5.75 Å². The molecule has 1 saturated carbocycles. The number of ether oxygens (including phenoxy) is 2. The monoisotopic (exact) mass is 271 g/mol. The van der Waals surface area contributed by atoms with E-state index in [1.807, 2.05) is 19.9 Å². The highest BCUT2D eigenvalue weighted by Crippen LogP contribution is 2.31. The van der Waals surface area contributed by atoms with Crippen molar-refractivity contribution >= 4 is 15.9 Å². The summed E-state index contributed by atoms with van der Waals surface area (Å²) in [4.78, 5) is 4.18. The molecule has 1 aliphatic carbocycles. The molecule has 1 aromatic rings. The van der Waals surface area contributed by atoms with Crippen molar-refractivity contribution in [3.05, 3.63) is 16.9 Å². The van der Waals surface area contributed by atoms with Gasteiger partial charge in [0.25, 0.3) is 0 Å². The van der Waals surface area contributed by atoms with Crippen molar-refractivity contribution in [1.82, 2.24) is 4.98 Å². The second-order valence-electron chi connectivity index (χ2n) is 3.94. The number of nitrogens with zero attached hydrogens (tertiary/aromatic N) is 1. The normalized spacial score (nSPS) is 15.5. The molecule has 0 N–H and O–H groups in total. The molecule has 4 heteroatoms. The average molecular weight is 272 g/mol. The zero-order chi connectivity index (χ0) is 10.8. The highest BCUT2D eigenvalue weighted by Gasteiger charge is 2.24. The van der Waals surface area contributed by atoms with Gasteiger partial charge in [0.2, 0.25) is 0 Å². The highest BCUT2D eigenvalue weighted by molar-refractivity contribution is 9.10. The minimum absolute atomic E-state index is 0.138. The van der Waals surface area contributed by atoms with Gasteiger partial charge in [0.1, 0.15) is 10.4 Å². The molecule has 0 aliphatic heterocycles. The second-order valence-corrected chi connectivity index (χ2v) is 4.69. The van der Waals surface area contributed by atoms with E-state index in [2.05, 4.69) is 20.9 Å². The molecule has 0 saturated heterocycles. The quantitative estimate of drug-likeness (QED) is 0.789. The lowest BCUT2D eigenvalue weighted by molar-refractivity contribution is 0.236. The van der Waals surface area contributed by atoms with Gasteiger partial charge >= 0.3 is 0 Å². The number of hydrogen-bond donors (Lipinski definition) is 0. The molecular formula is C11H14BrNO2. The average Bonchev–Trinajstić information content (AvgIpc) is 2.94. The van der Waals surface area contributed by atoms with Crippen molar-refractivity contribution in [3.8, 4) is 11.5 Å². The molecule has 0 spiro atoms. The Morgan fingerprint density at radius 3 is 2.80 bits per heavy atom. The largest absolute Gasteiger partial charge is 0.489 e. The van der Waals surface area contributed by atoms with Gasteiger partial charge in [-0.25, -0.2) is 4.98 Å². The van der Waals surface area contributed by atoms with E-state index in [9.17, 15) is 0 Å². The van der Waals surface area contributed by atoms with E-state index in [0.29, 0.717) is 6.10 Å². The predicted molar refractivity (Wildman–Crippen MR) is 61.4 cm³/mol. The molecule has 0 radical (unpaired) electrons. The molecule has 1 aromatic heterocycles. The third-order valence-electron chi connectivity index (χ3n) is 1.97. The smallest absolute Gasteiger partial charge is 0.156 e. The topological polar surface area (TPSA) is 31.4 Å². The van der Waals surface area contributed by atoms with Crippen molar-refractivity contribution in [3.63, 3.8) is 0 Å². The minimum Gasteiger partial charge on any atom is -0.489 e. The van der Waals surface area contributed by atoms with Crippen LogP contribution in [0.3, 0.4) is 0 Å².